The molecule has 15 heavy (non-hydrogen) atoms. The highest BCUT2D eigenvalue weighted by atomic mass is 31.0. The minimum atomic E-state index is 0.829. The monoisotopic (exact) mass is 210 g/mol. The first-order valence-electron chi connectivity index (χ1n) is 5.06. The van der Waals surface area contributed by atoms with Gasteiger partial charge < -0.3 is 0 Å². The molecule has 0 aliphatic heterocycles. The van der Waals surface area contributed by atoms with E-state index in [0.29, 0.717) is 0 Å². The summed E-state index contributed by atoms with van der Waals surface area (Å²) in [5.74, 6) is 2.23. The first-order valence-corrected chi connectivity index (χ1v) is 6.14. The number of hydrogen-bond donors (Lipinski definition) is 0. The van der Waals surface area contributed by atoms with Gasteiger partial charge in [-0.2, -0.15) is 0 Å². The van der Waals surface area contributed by atoms with Crippen molar-refractivity contribution in [1.29, 1.82) is 0 Å². The molecule has 0 saturated heterocycles. The summed E-state index contributed by atoms with van der Waals surface area (Å²) in [7, 11) is 0.829. The van der Waals surface area contributed by atoms with E-state index in [9.17, 15) is 0 Å². The zero-order valence-electron chi connectivity index (χ0n) is 8.27. The summed E-state index contributed by atoms with van der Waals surface area (Å²) in [4.78, 5) is 0. The predicted molar refractivity (Wildman–Crippen MR) is 68.9 cm³/mol. The van der Waals surface area contributed by atoms with Crippen LogP contribution in [0.3, 0.4) is 0 Å². The lowest BCUT2D eigenvalue weighted by Crippen LogP contribution is -1.74. The minimum Gasteiger partial charge on any atom is -0.132 e. The van der Waals surface area contributed by atoms with Gasteiger partial charge in [0.05, 0.1) is 0 Å². The molecule has 0 N–H and O–H groups in total. The van der Waals surface area contributed by atoms with Gasteiger partial charge >= 0.3 is 0 Å². The molecule has 1 aromatic heterocycles. The van der Waals surface area contributed by atoms with Gasteiger partial charge in [0.1, 0.15) is 0 Å². The fourth-order valence-electron chi connectivity index (χ4n) is 1.87. The largest absolute Gasteiger partial charge is 0.132 e. The number of rotatable bonds is 1. The average molecular weight is 210 g/mol. The molecule has 1 heterocycles. The highest BCUT2D eigenvalue weighted by Crippen LogP contribution is 2.30. The lowest BCUT2D eigenvalue weighted by molar-refractivity contribution is 1.74. The van der Waals surface area contributed by atoms with Crippen LogP contribution < -0.4 is 0 Å². The lowest BCUT2D eigenvalue weighted by Gasteiger charge is -2.01. The van der Waals surface area contributed by atoms with Crippen LogP contribution in [0.2, 0.25) is 0 Å². The SMILES string of the molecule is c1c[pH]c(-c2ccc3ccccc3c2)c1. The second-order valence-electron chi connectivity index (χ2n) is 3.65. The second-order valence-corrected chi connectivity index (χ2v) is 4.81. The molecule has 0 nitrogen and oxygen atoms in total. The summed E-state index contributed by atoms with van der Waals surface area (Å²) in [6, 6.07) is 19.6. The Balaban J connectivity index is 2.22. The van der Waals surface area contributed by atoms with Crippen LogP contribution in [0.5, 0.6) is 0 Å². The number of benzene rings is 2. The van der Waals surface area contributed by atoms with E-state index in [2.05, 4.69) is 60.4 Å². The molecule has 3 rings (SSSR count). The van der Waals surface area contributed by atoms with E-state index < -0.39 is 0 Å². The number of hydrogen-bond acceptors (Lipinski definition) is 0. The van der Waals surface area contributed by atoms with Gasteiger partial charge in [0.15, 0.2) is 0 Å². The van der Waals surface area contributed by atoms with Gasteiger partial charge in [-0.3, -0.25) is 0 Å². The van der Waals surface area contributed by atoms with Gasteiger partial charge in [-0.05, 0) is 33.5 Å². The summed E-state index contributed by atoms with van der Waals surface area (Å²) in [6.45, 7) is 0. The van der Waals surface area contributed by atoms with Crippen LogP contribution in [0.25, 0.3) is 21.6 Å². The van der Waals surface area contributed by atoms with Gasteiger partial charge in [-0.1, -0.05) is 48.5 Å². The molecule has 1 unspecified atom stereocenters. The molecule has 3 aromatic rings. The average Bonchev–Trinajstić information content (AvgIpc) is 2.82. The molecule has 72 valence electrons. The molecule has 0 fully saturated rings. The Morgan fingerprint density at radius 2 is 1.60 bits per heavy atom. The van der Waals surface area contributed by atoms with Gasteiger partial charge in [-0.15, -0.1) is 8.19 Å². The normalized spacial score (nSPS) is 11.2. The highest BCUT2D eigenvalue weighted by Gasteiger charge is 1.98. The molecule has 0 aliphatic carbocycles. The Morgan fingerprint density at radius 1 is 0.733 bits per heavy atom. The molecule has 0 bridgehead atoms. The Labute approximate surface area is 90.7 Å². The third-order valence-electron chi connectivity index (χ3n) is 2.66. The van der Waals surface area contributed by atoms with Crippen LogP contribution in [-0.2, 0) is 0 Å². The molecular weight excluding hydrogens is 199 g/mol. The van der Waals surface area contributed by atoms with Crippen molar-refractivity contribution in [3.8, 4) is 10.9 Å². The third-order valence-corrected chi connectivity index (χ3v) is 3.78. The molecule has 0 aliphatic rings. The van der Waals surface area contributed by atoms with Gasteiger partial charge in [0, 0.05) is 0 Å². The van der Waals surface area contributed by atoms with Crippen molar-refractivity contribution in [2.24, 2.45) is 0 Å². The smallest absolute Gasteiger partial charge is 0.00181 e. The number of fused-ring (bicyclic) bond motifs is 1. The molecular formula is C14H11P. The minimum absolute atomic E-state index is 0.829. The zero-order chi connectivity index (χ0) is 10.1. The topological polar surface area (TPSA) is 0 Å². The first kappa shape index (κ1) is 8.76. The molecule has 2 aromatic carbocycles. The Hall–Kier alpha value is -1.52. The highest BCUT2D eigenvalue weighted by molar-refractivity contribution is 7.33. The summed E-state index contributed by atoms with van der Waals surface area (Å²) < 4.78 is 0. The fraction of sp³-hybridized carbons (Fsp3) is 0. The summed E-state index contributed by atoms with van der Waals surface area (Å²) in [5, 5.41) is 4.09. The first-order chi connectivity index (χ1) is 7.43. The van der Waals surface area contributed by atoms with Gasteiger partial charge in [-0.25, -0.2) is 0 Å². The van der Waals surface area contributed by atoms with Crippen molar-refractivity contribution in [2.75, 3.05) is 0 Å². The molecule has 1 heteroatoms. The van der Waals surface area contributed by atoms with E-state index in [-0.39, 0.29) is 0 Å². The van der Waals surface area contributed by atoms with Crippen molar-refractivity contribution in [3.63, 3.8) is 0 Å². The Morgan fingerprint density at radius 3 is 2.40 bits per heavy atom. The zero-order valence-corrected chi connectivity index (χ0v) is 9.27. The molecule has 1 atom stereocenters. The van der Waals surface area contributed by atoms with E-state index in [4.69, 9.17) is 0 Å². The van der Waals surface area contributed by atoms with Crippen LogP contribution in [0, 0.1) is 0 Å². The van der Waals surface area contributed by atoms with Gasteiger partial charge in [0.25, 0.3) is 0 Å². The van der Waals surface area contributed by atoms with Crippen LogP contribution in [0.15, 0.2) is 60.4 Å². The fourth-order valence-corrected chi connectivity index (χ4v) is 2.75. The van der Waals surface area contributed by atoms with Crippen LogP contribution in [0.1, 0.15) is 0 Å². The lowest BCUT2D eigenvalue weighted by atomic mass is 10.1. The second kappa shape index (κ2) is 3.56. The maximum Gasteiger partial charge on any atom is -0.00181 e. The van der Waals surface area contributed by atoms with Crippen LogP contribution >= 0.6 is 8.19 Å². The maximum atomic E-state index is 2.28. The summed E-state index contributed by atoms with van der Waals surface area (Å²) in [6.07, 6.45) is 0. The quantitative estimate of drug-likeness (QED) is 0.553. The third kappa shape index (κ3) is 1.58. The van der Waals surface area contributed by atoms with Crippen molar-refractivity contribution >= 4 is 19.0 Å². The summed E-state index contributed by atoms with van der Waals surface area (Å²) in [5.41, 5.74) is 1.36. The van der Waals surface area contributed by atoms with E-state index in [0.717, 1.165) is 8.19 Å². The van der Waals surface area contributed by atoms with E-state index in [1.54, 1.807) is 0 Å². The van der Waals surface area contributed by atoms with E-state index in [1.807, 2.05) is 0 Å². The van der Waals surface area contributed by atoms with Crippen LogP contribution in [-0.4, -0.2) is 0 Å². The molecule has 0 radical (unpaired) electrons. The Kier molecular flexibility index (Phi) is 2.08. The molecule has 0 saturated carbocycles. The predicted octanol–water partition coefficient (Wildman–Crippen LogP) is 4.54. The van der Waals surface area contributed by atoms with E-state index in [1.165, 1.54) is 21.6 Å². The maximum absolute atomic E-state index is 2.28. The Bertz CT molecular complexity index is 579. The van der Waals surface area contributed by atoms with Crippen molar-refractivity contribution < 1.29 is 0 Å². The summed E-state index contributed by atoms with van der Waals surface area (Å²) >= 11 is 0. The molecule has 0 amide bonds. The van der Waals surface area contributed by atoms with Crippen molar-refractivity contribution in [1.82, 2.24) is 0 Å². The van der Waals surface area contributed by atoms with Crippen LogP contribution in [0.4, 0.5) is 0 Å². The standard InChI is InChI=1S/C14H11P/c1-2-5-12-10-13(8-7-11(12)4-1)14-6-3-9-15-14/h1-10,15H. The van der Waals surface area contributed by atoms with Crippen molar-refractivity contribution in [3.05, 3.63) is 60.4 Å². The van der Waals surface area contributed by atoms with Crippen molar-refractivity contribution in [2.45, 2.75) is 0 Å². The van der Waals surface area contributed by atoms with E-state index >= 15 is 0 Å². The van der Waals surface area contributed by atoms with Gasteiger partial charge in [0.2, 0.25) is 0 Å². The molecule has 0 spiro atoms.